The normalized spacial score (nSPS) is 10.8. The molecule has 1 heterocycles. The van der Waals surface area contributed by atoms with Crippen LogP contribution >= 0.6 is 11.3 Å². The highest BCUT2D eigenvalue weighted by Crippen LogP contribution is 2.06. The Morgan fingerprint density at radius 3 is 2.67 bits per heavy atom. The predicted molar refractivity (Wildman–Crippen MR) is 64.8 cm³/mol. The van der Waals surface area contributed by atoms with E-state index in [9.17, 15) is 9.59 Å². The molecule has 2 amide bonds. The van der Waals surface area contributed by atoms with Gasteiger partial charge in [0.05, 0.1) is 6.54 Å². The molecule has 0 unspecified atom stereocenters. The maximum atomic E-state index is 11.4. The summed E-state index contributed by atoms with van der Waals surface area (Å²) >= 11 is 1.22. The van der Waals surface area contributed by atoms with E-state index in [1.807, 2.05) is 0 Å². The van der Waals surface area contributed by atoms with E-state index < -0.39 is 11.7 Å². The molecule has 0 atom stereocenters. The second kappa shape index (κ2) is 6.29. The lowest BCUT2D eigenvalue weighted by atomic mass is 10.2. The van der Waals surface area contributed by atoms with Gasteiger partial charge in [-0.3, -0.25) is 4.79 Å². The standard InChI is InChI=1S/C10H15N4O3S/c1-10(2,3)17-9(16)12-4-7(15)11-5-8-14-13-6-18-8/h4-5H2,1-3H3,(H,11,15)(H,12,16). The Morgan fingerprint density at radius 1 is 1.39 bits per heavy atom. The van der Waals surface area contributed by atoms with Gasteiger partial charge in [0.1, 0.15) is 17.2 Å². The molecular weight excluding hydrogens is 256 g/mol. The van der Waals surface area contributed by atoms with Crippen LogP contribution < -0.4 is 10.6 Å². The number of rotatable bonds is 4. The smallest absolute Gasteiger partial charge is 0.408 e. The molecule has 0 spiro atoms. The first-order chi connectivity index (χ1) is 8.37. The topological polar surface area (TPSA) is 93.2 Å². The molecule has 1 aromatic heterocycles. The minimum absolute atomic E-state index is 0.141. The van der Waals surface area contributed by atoms with E-state index in [2.05, 4.69) is 26.3 Å². The van der Waals surface area contributed by atoms with E-state index in [0.717, 1.165) is 0 Å². The summed E-state index contributed by atoms with van der Waals surface area (Å²) in [6.45, 7) is 5.38. The maximum Gasteiger partial charge on any atom is 0.408 e. The molecule has 18 heavy (non-hydrogen) atoms. The minimum Gasteiger partial charge on any atom is -0.444 e. The van der Waals surface area contributed by atoms with Crippen LogP contribution in [0.4, 0.5) is 4.79 Å². The largest absolute Gasteiger partial charge is 0.444 e. The lowest BCUT2D eigenvalue weighted by molar-refractivity contribution is -0.120. The van der Waals surface area contributed by atoms with Gasteiger partial charge < -0.3 is 15.4 Å². The molecule has 1 rings (SSSR count). The number of amides is 2. The van der Waals surface area contributed by atoms with Crippen molar-refractivity contribution in [3.8, 4) is 0 Å². The SMILES string of the molecule is CC(C)(C)OC(=O)NCC(=O)NCc1nn[c]s1. The lowest BCUT2D eigenvalue weighted by Gasteiger charge is -2.19. The highest BCUT2D eigenvalue weighted by atomic mass is 32.1. The van der Waals surface area contributed by atoms with Gasteiger partial charge in [-0.2, -0.15) is 0 Å². The number of nitrogens with one attached hydrogen (secondary N) is 2. The van der Waals surface area contributed by atoms with Crippen molar-refractivity contribution < 1.29 is 14.3 Å². The van der Waals surface area contributed by atoms with E-state index in [-0.39, 0.29) is 19.0 Å². The minimum atomic E-state index is -0.623. The van der Waals surface area contributed by atoms with Crippen molar-refractivity contribution in [2.75, 3.05) is 6.54 Å². The summed E-state index contributed by atoms with van der Waals surface area (Å²) in [5.74, 6) is -0.323. The van der Waals surface area contributed by atoms with Crippen molar-refractivity contribution in [1.29, 1.82) is 0 Å². The highest BCUT2D eigenvalue weighted by Gasteiger charge is 2.16. The number of ether oxygens (including phenoxy) is 1. The average molecular weight is 271 g/mol. The van der Waals surface area contributed by atoms with Crippen molar-refractivity contribution in [2.45, 2.75) is 32.9 Å². The Balaban J connectivity index is 2.19. The summed E-state index contributed by atoms with van der Waals surface area (Å²) < 4.78 is 4.98. The molecular formula is C10H15N4O3S. The Hall–Kier alpha value is -1.70. The van der Waals surface area contributed by atoms with Gasteiger partial charge in [0.15, 0.2) is 5.51 Å². The van der Waals surface area contributed by atoms with Gasteiger partial charge >= 0.3 is 6.09 Å². The summed E-state index contributed by atoms with van der Waals surface area (Å²) in [4.78, 5) is 22.6. The summed E-state index contributed by atoms with van der Waals surface area (Å²) in [6, 6.07) is 0. The zero-order valence-electron chi connectivity index (χ0n) is 10.4. The van der Waals surface area contributed by atoms with Gasteiger partial charge in [-0.1, -0.05) is 11.3 Å². The zero-order chi connectivity index (χ0) is 13.6. The van der Waals surface area contributed by atoms with Crippen molar-refractivity contribution in [1.82, 2.24) is 20.8 Å². The first-order valence-corrected chi connectivity index (χ1v) is 6.10. The summed E-state index contributed by atoms with van der Waals surface area (Å²) in [6.07, 6.45) is -0.623. The van der Waals surface area contributed by atoms with Gasteiger partial charge in [0.2, 0.25) is 5.91 Å². The van der Waals surface area contributed by atoms with Crippen LogP contribution in [-0.4, -0.2) is 34.3 Å². The van der Waals surface area contributed by atoms with Crippen LogP contribution in [0.3, 0.4) is 0 Å². The fourth-order valence-electron chi connectivity index (χ4n) is 0.944. The fraction of sp³-hybridized carbons (Fsp3) is 0.600. The van der Waals surface area contributed by atoms with E-state index in [1.165, 1.54) is 11.3 Å². The highest BCUT2D eigenvalue weighted by molar-refractivity contribution is 7.08. The molecule has 8 heteroatoms. The molecule has 2 N–H and O–H groups in total. The first-order valence-electron chi connectivity index (χ1n) is 5.29. The van der Waals surface area contributed by atoms with Gasteiger partial charge in [-0.25, -0.2) is 4.79 Å². The lowest BCUT2D eigenvalue weighted by Crippen LogP contribution is -2.39. The Morgan fingerprint density at radius 2 is 2.11 bits per heavy atom. The third-order valence-corrected chi connectivity index (χ3v) is 2.23. The molecule has 99 valence electrons. The van der Waals surface area contributed by atoms with Crippen LogP contribution in [-0.2, 0) is 16.1 Å². The second-order valence-electron chi connectivity index (χ2n) is 4.42. The zero-order valence-corrected chi connectivity index (χ0v) is 11.3. The van der Waals surface area contributed by atoms with Crippen LogP contribution in [0.25, 0.3) is 0 Å². The van der Waals surface area contributed by atoms with Crippen LogP contribution in [0, 0.1) is 5.51 Å². The number of carbonyl (C=O) groups excluding carboxylic acids is 2. The monoisotopic (exact) mass is 271 g/mol. The van der Waals surface area contributed by atoms with Crippen LogP contribution in [0.2, 0.25) is 0 Å². The Labute approximate surface area is 109 Å². The average Bonchev–Trinajstić information content (AvgIpc) is 2.74. The van der Waals surface area contributed by atoms with E-state index in [4.69, 9.17) is 4.74 Å². The number of carbonyl (C=O) groups is 2. The van der Waals surface area contributed by atoms with Gasteiger partial charge in [0.25, 0.3) is 0 Å². The Bertz CT molecular complexity index is 400. The van der Waals surface area contributed by atoms with Crippen molar-refractivity contribution in [2.24, 2.45) is 0 Å². The van der Waals surface area contributed by atoms with Crippen molar-refractivity contribution in [3.63, 3.8) is 0 Å². The molecule has 0 aliphatic rings. The molecule has 1 aromatic rings. The molecule has 1 radical (unpaired) electrons. The number of aromatic nitrogens is 2. The summed E-state index contributed by atoms with van der Waals surface area (Å²) in [7, 11) is 0. The molecule has 0 saturated carbocycles. The number of hydrogen-bond acceptors (Lipinski definition) is 6. The number of hydrogen-bond donors (Lipinski definition) is 2. The first kappa shape index (κ1) is 14.4. The maximum absolute atomic E-state index is 11.4. The van der Waals surface area contributed by atoms with E-state index in [1.54, 1.807) is 20.8 Å². The predicted octanol–water partition coefficient (Wildman–Crippen LogP) is 0.479. The molecule has 0 saturated heterocycles. The van der Waals surface area contributed by atoms with Crippen molar-refractivity contribution >= 4 is 23.3 Å². The molecule has 0 fully saturated rings. The van der Waals surface area contributed by atoms with Gasteiger partial charge in [0, 0.05) is 0 Å². The van der Waals surface area contributed by atoms with Crippen LogP contribution in [0.1, 0.15) is 25.8 Å². The third kappa shape index (κ3) is 6.14. The second-order valence-corrected chi connectivity index (χ2v) is 5.28. The molecule has 7 nitrogen and oxygen atoms in total. The third-order valence-electron chi connectivity index (χ3n) is 1.59. The van der Waals surface area contributed by atoms with Gasteiger partial charge in [-0.05, 0) is 20.8 Å². The van der Waals surface area contributed by atoms with Crippen LogP contribution in [0.5, 0.6) is 0 Å². The molecule has 0 aliphatic heterocycles. The Kier molecular flexibility index (Phi) is 5.02. The van der Waals surface area contributed by atoms with Gasteiger partial charge in [-0.15, -0.1) is 10.2 Å². The number of nitrogens with zero attached hydrogens (tertiary/aromatic N) is 2. The quantitative estimate of drug-likeness (QED) is 0.830. The molecule has 0 bridgehead atoms. The fourth-order valence-corrected chi connectivity index (χ4v) is 1.36. The molecule has 0 aliphatic carbocycles. The van der Waals surface area contributed by atoms with E-state index >= 15 is 0 Å². The number of alkyl carbamates (subject to hydrolysis) is 1. The van der Waals surface area contributed by atoms with Crippen molar-refractivity contribution in [3.05, 3.63) is 10.5 Å². The molecule has 0 aromatic carbocycles. The van der Waals surface area contributed by atoms with E-state index in [0.29, 0.717) is 5.01 Å². The van der Waals surface area contributed by atoms with Crippen LogP contribution in [0.15, 0.2) is 0 Å². The summed E-state index contributed by atoms with van der Waals surface area (Å²) in [5.41, 5.74) is 1.99. The summed E-state index contributed by atoms with van der Waals surface area (Å²) in [5, 5.41) is 12.8.